The highest BCUT2D eigenvalue weighted by molar-refractivity contribution is 6.21. The number of hydrogen-bond acceptors (Lipinski definition) is 5. The molecule has 7 aromatic carbocycles. The van der Waals surface area contributed by atoms with Crippen molar-refractivity contribution in [2.24, 2.45) is 0 Å². The first-order chi connectivity index (χ1) is 27.2. The summed E-state index contributed by atoms with van der Waals surface area (Å²) in [6, 6.07) is 52.6. The first-order valence-corrected chi connectivity index (χ1v) is 18.9. The van der Waals surface area contributed by atoms with Crippen LogP contribution in [-0.2, 0) is 6.42 Å². The number of para-hydroxylation sites is 3. The van der Waals surface area contributed by atoms with Crippen LogP contribution in [0.15, 0.2) is 160 Å². The summed E-state index contributed by atoms with van der Waals surface area (Å²) < 4.78 is 15.2. The molecule has 6 heteroatoms. The maximum Gasteiger partial charge on any atom is 0.164 e. The van der Waals surface area contributed by atoms with Crippen LogP contribution >= 0.6 is 0 Å². The second kappa shape index (κ2) is 12.5. The van der Waals surface area contributed by atoms with Crippen LogP contribution in [0.3, 0.4) is 0 Å². The highest BCUT2D eigenvalue weighted by Gasteiger charge is 2.21. The molecular formula is C49H34N4O2. The van der Waals surface area contributed by atoms with Gasteiger partial charge in [-0.05, 0) is 73.0 Å². The Labute approximate surface area is 316 Å². The third-order valence-corrected chi connectivity index (χ3v) is 10.9. The molecule has 0 saturated carbocycles. The third-order valence-electron chi connectivity index (χ3n) is 10.9. The SMILES string of the molecule is CCCCc1ccc(-c2nc(-c3ccc(-n4c5ccccc5c5ccc6c7ccccc7oc6c54)cc3)nc(-c3cccc4oc5ccccc5c34)n2)cc1. The molecule has 0 atom stereocenters. The van der Waals surface area contributed by atoms with E-state index in [9.17, 15) is 0 Å². The molecule has 0 unspecified atom stereocenters. The Morgan fingerprint density at radius 1 is 0.491 bits per heavy atom. The smallest absolute Gasteiger partial charge is 0.164 e. The molecule has 0 aliphatic rings. The molecule has 11 rings (SSSR count). The molecule has 4 aromatic heterocycles. The van der Waals surface area contributed by atoms with Gasteiger partial charge in [0.05, 0.1) is 11.0 Å². The van der Waals surface area contributed by atoms with Gasteiger partial charge in [0.15, 0.2) is 23.1 Å². The molecule has 0 bridgehead atoms. The van der Waals surface area contributed by atoms with E-state index in [1.807, 2.05) is 42.5 Å². The van der Waals surface area contributed by atoms with Gasteiger partial charge in [-0.3, -0.25) is 0 Å². The minimum absolute atomic E-state index is 0.603. The molecule has 0 radical (unpaired) electrons. The zero-order chi connectivity index (χ0) is 36.5. The van der Waals surface area contributed by atoms with E-state index in [0.29, 0.717) is 17.5 Å². The van der Waals surface area contributed by atoms with Crippen LogP contribution in [0.2, 0.25) is 0 Å². The monoisotopic (exact) mass is 710 g/mol. The highest BCUT2D eigenvalue weighted by atomic mass is 16.3. The molecule has 55 heavy (non-hydrogen) atoms. The summed E-state index contributed by atoms with van der Waals surface area (Å²) in [5.74, 6) is 1.84. The van der Waals surface area contributed by atoms with E-state index in [1.54, 1.807) is 0 Å². The largest absolute Gasteiger partial charge is 0.456 e. The molecule has 0 fully saturated rings. The van der Waals surface area contributed by atoms with Gasteiger partial charge in [0, 0.05) is 54.7 Å². The molecule has 0 aliphatic carbocycles. The number of hydrogen-bond donors (Lipinski definition) is 0. The Morgan fingerprint density at radius 2 is 1.11 bits per heavy atom. The van der Waals surface area contributed by atoms with Gasteiger partial charge in [-0.2, -0.15) is 0 Å². The van der Waals surface area contributed by atoms with Gasteiger partial charge in [0.1, 0.15) is 16.7 Å². The average Bonchev–Trinajstić information content (AvgIpc) is 3.93. The van der Waals surface area contributed by atoms with Crippen LogP contribution in [0.1, 0.15) is 25.3 Å². The minimum atomic E-state index is 0.603. The lowest BCUT2D eigenvalue weighted by Crippen LogP contribution is -2.01. The Bertz CT molecular complexity index is 3240. The summed E-state index contributed by atoms with van der Waals surface area (Å²) in [4.78, 5) is 15.4. The molecule has 6 nitrogen and oxygen atoms in total. The fourth-order valence-corrected chi connectivity index (χ4v) is 8.18. The quantitative estimate of drug-likeness (QED) is 0.165. The average molecular weight is 711 g/mol. The molecule has 0 amide bonds. The van der Waals surface area contributed by atoms with E-state index < -0.39 is 0 Å². The molecular weight excluding hydrogens is 677 g/mol. The van der Waals surface area contributed by atoms with Crippen LogP contribution in [0.25, 0.3) is 106 Å². The zero-order valence-electron chi connectivity index (χ0n) is 30.2. The Kier molecular flexibility index (Phi) is 7.17. The number of benzene rings is 7. The van der Waals surface area contributed by atoms with E-state index in [1.165, 1.54) is 10.9 Å². The van der Waals surface area contributed by atoms with Crippen molar-refractivity contribution in [2.45, 2.75) is 26.2 Å². The first-order valence-electron chi connectivity index (χ1n) is 18.9. The molecule has 0 aliphatic heterocycles. The van der Waals surface area contributed by atoms with E-state index >= 15 is 0 Å². The molecule has 4 heterocycles. The number of aryl methyl sites for hydroxylation is 1. The van der Waals surface area contributed by atoms with Crippen LogP contribution in [0.4, 0.5) is 0 Å². The summed E-state index contributed by atoms with van der Waals surface area (Å²) in [5.41, 5.74) is 10.7. The maximum atomic E-state index is 6.58. The van der Waals surface area contributed by atoms with Crippen molar-refractivity contribution >= 4 is 65.7 Å². The van der Waals surface area contributed by atoms with E-state index in [-0.39, 0.29) is 0 Å². The fourth-order valence-electron chi connectivity index (χ4n) is 8.18. The lowest BCUT2D eigenvalue weighted by atomic mass is 10.0. The zero-order valence-corrected chi connectivity index (χ0v) is 30.2. The normalized spacial score (nSPS) is 11.9. The molecule has 0 saturated heterocycles. The van der Waals surface area contributed by atoms with Gasteiger partial charge >= 0.3 is 0 Å². The summed E-state index contributed by atoms with van der Waals surface area (Å²) in [6.45, 7) is 2.22. The number of furan rings is 2. The van der Waals surface area contributed by atoms with Crippen LogP contribution in [-0.4, -0.2) is 19.5 Å². The van der Waals surface area contributed by atoms with Crippen molar-refractivity contribution in [2.75, 3.05) is 0 Å². The van der Waals surface area contributed by atoms with E-state index in [0.717, 1.165) is 102 Å². The number of unbranched alkanes of at least 4 members (excludes halogenated alkanes) is 1. The fraction of sp³-hybridized carbons (Fsp3) is 0.0816. The maximum absolute atomic E-state index is 6.58. The van der Waals surface area contributed by atoms with Gasteiger partial charge in [0.25, 0.3) is 0 Å². The second-order valence-electron chi connectivity index (χ2n) is 14.2. The Balaban J connectivity index is 1.09. The van der Waals surface area contributed by atoms with E-state index in [2.05, 4.69) is 121 Å². The predicted octanol–water partition coefficient (Wildman–Crippen LogP) is 13.1. The second-order valence-corrected chi connectivity index (χ2v) is 14.2. The summed E-state index contributed by atoms with van der Waals surface area (Å²) >= 11 is 0. The van der Waals surface area contributed by atoms with Gasteiger partial charge in [-0.15, -0.1) is 0 Å². The van der Waals surface area contributed by atoms with Gasteiger partial charge in [0.2, 0.25) is 0 Å². The third kappa shape index (κ3) is 5.06. The van der Waals surface area contributed by atoms with Crippen LogP contribution in [0, 0.1) is 0 Å². The summed E-state index contributed by atoms with van der Waals surface area (Å²) in [7, 11) is 0. The van der Waals surface area contributed by atoms with Crippen molar-refractivity contribution in [1.82, 2.24) is 19.5 Å². The number of rotatable bonds is 7. The number of nitrogens with zero attached hydrogens (tertiary/aromatic N) is 4. The van der Waals surface area contributed by atoms with Crippen molar-refractivity contribution in [3.63, 3.8) is 0 Å². The predicted molar refractivity (Wildman–Crippen MR) is 224 cm³/mol. The molecule has 0 N–H and O–H groups in total. The van der Waals surface area contributed by atoms with Crippen molar-refractivity contribution in [3.05, 3.63) is 157 Å². The van der Waals surface area contributed by atoms with Gasteiger partial charge < -0.3 is 13.4 Å². The Hall–Kier alpha value is -7.05. The first kappa shape index (κ1) is 31.5. The Morgan fingerprint density at radius 3 is 1.87 bits per heavy atom. The molecule has 0 spiro atoms. The summed E-state index contributed by atoms with van der Waals surface area (Å²) in [6.07, 6.45) is 3.38. The topological polar surface area (TPSA) is 69.9 Å². The van der Waals surface area contributed by atoms with Crippen LogP contribution < -0.4 is 0 Å². The lowest BCUT2D eigenvalue weighted by Gasteiger charge is -2.11. The van der Waals surface area contributed by atoms with E-state index in [4.69, 9.17) is 23.8 Å². The van der Waals surface area contributed by atoms with Crippen molar-refractivity contribution < 1.29 is 8.83 Å². The van der Waals surface area contributed by atoms with Gasteiger partial charge in [-0.25, -0.2) is 15.0 Å². The number of aromatic nitrogens is 4. The van der Waals surface area contributed by atoms with Crippen molar-refractivity contribution in [3.8, 4) is 39.9 Å². The van der Waals surface area contributed by atoms with Crippen LogP contribution in [0.5, 0.6) is 0 Å². The number of fused-ring (bicyclic) bond motifs is 10. The molecule has 11 aromatic rings. The minimum Gasteiger partial charge on any atom is -0.456 e. The van der Waals surface area contributed by atoms with Crippen molar-refractivity contribution in [1.29, 1.82) is 0 Å². The van der Waals surface area contributed by atoms with Gasteiger partial charge in [-0.1, -0.05) is 110 Å². The summed E-state index contributed by atoms with van der Waals surface area (Å²) in [5, 5.41) is 6.58. The standard InChI is InChI=1S/C49H34N4O2/c1-2-3-11-30-20-22-31(23-21-30)47-50-48(52-49(51-47)39-15-10-19-43-44(39)38-14-6-9-18-42(38)54-43)32-24-26-33(27-25-32)53-40-16-7-4-12-34(40)36-28-29-37-35-13-5-8-17-41(35)55-46(37)45(36)53/h4-10,12-29H,2-3,11H2,1H3. The molecule has 262 valence electrons. The lowest BCUT2D eigenvalue weighted by molar-refractivity contribution is 0.669. The highest BCUT2D eigenvalue weighted by Crippen LogP contribution is 2.41.